The SMILES string of the molecule is Cc1c(S(=O)(=O)N2CCN(C(=O)Cn3nc(C4CC4)cc3C(F)F)CC2)cnn1C. The van der Waals surface area contributed by atoms with Crippen molar-refractivity contribution < 1.29 is 22.0 Å². The Labute approximate surface area is 173 Å². The van der Waals surface area contributed by atoms with Gasteiger partial charge in [0.1, 0.15) is 17.1 Å². The van der Waals surface area contributed by atoms with Crippen LogP contribution in [-0.4, -0.2) is 69.3 Å². The van der Waals surface area contributed by atoms with Gasteiger partial charge in [-0.15, -0.1) is 0 Å². The Morgan fingerprint density at radius 3 is 2.43 bits per heavy atom. The molecule has 2 aromatic rings. The van der Waals surface area contributed by atoms with E-state index in [-0.39, 0.29) is 55.1 Å². The summed E-state index contributed by atoms with van der Waals surface area (Å²) < 4.78 is 56.3. The van der Waals surface area contributed by atoms with Gasteiger partial charge in [-0.2, -0.15) is 14.5 Å². The summed E-state index contributed by atoms with van der Waals surface area (Å²) in [7, 11) is -2.03. The minimum Gasteiger partial charge on any atom is -0.338 e. The predicted molar refractivity (Wildman–Crippen MR) is 102 cm³/mol. The fraction of sp³-hybridized carbons (Fsp3) is 0.611. The summed E-state index contributed by atoms with van der Waals surface area (Å²) in [6.45, 7) is 2.06. The van der Waals surface area contributed by atoms with E-state index in [0.29, 0.717) is 11.4 Å². The van der Waals surface area contributed by atoms with Crippen molar-refractivity contribution >= 4 is 15.9 Å². The van der Waals surface area contributed by atoms with Gasteiger partial charge in [0.15, 0.2) is 0 Å². The first-order chi connectivity index (χ1) is 14.2. The van der Waals surface area contributed by atoms with Crippen molar-refractivity contribution in [1.82, 2.24) is 28.8 Å². The number of halogens is 2. The van der Waals surface area contributed by atoms with E-state index in [1.807, 2.05) is 0 Å². The molecule has 2 aromatic heterocycles. The molecule has 1 aliphatic carbocycles. The molecule has 0 radical (unpaired) electrons. The maximum Gasteiger partial charge on any atom is 0.280 e. The van der Waals surface area contributed by atoms with Crippen molar-refractivity contribution in [3.05, 3.63) is 29.3 Å². The highest BCUT2D eigenvalue weighted by molar-refractivity contribution is 7.89. The Morgan fingerprint density at radius 2 is 1.90 bits per heavy atom. The van der Waals surface area contributed by atoms with Crippen LogP contribution < -0.4 is 0 Å². The lowest BCUT2D eigenvalue weighted by Gasteiger charge is -2.34. The first-order valence-corrected chi connectivity index (χ1v) is 11.2. The zero-order chi connectivity index (χ0) is 21.6. The topological polar surface area (TPSA) is 93.3 Å². The fourth-order valence-corrected chi connectivity index (χ4v) is 5.22. The van der Waals surface area contributed by atoms with Crippen LogP contribution in [0.4, 0.5) is 8.78 Å². The number of rotatable bonds is 6. The van der Waals surface area contributed by atoms with E-state index >= 15 is 0 Å². The summed E-state index contributed by atoms with van der Waals surface area (Å²) in [5.74, 6) is -0.138. The van der Waals surface area contributed by atoms with Crippen molar-refractivity contribution in [2.24, 2.45) is 7.05 Å². The number of piperazine rings is 1. The minimum atomic E-state index is -3.70. The molecule has 0 spiro atoms. The third kappa shape index (κ3) is 3.85. The van der Waals surface area contributed by atoms with Crippen LogP contribution in [0.25, 0.3) is 0 Å². The van der Waals surface area contributed by atoms with Crippen molar-refractivity contribution in [1.29, 1.82) is 0 Å². The van der Waals surface area contributed by atoms with E-state index in [1.165, 1.54) is 26.2 Å². The molecule has 2 fully saturated rings. The lowest BCUT2D eigenvalue weighted by atomic mass is 10.3. The third-order valence-corrected chi connectivity index (χ3v) is 7.74. The number of carbonyl (C=O) groups excluding carboxylic acids is 1. The summed E-state index contributed by atoms with van der Waals surface area (Å²) in [6, 6.07) is 1.39. The summed E-state index contributed by atoms with van der Waals surface area (Å²) in [4.78, 5) is 14.3. The van der Waals surface area contributed by atoms with Crippen molar-refractivity contribution in [3.63, 3.8) is 0 Å². The second-order valence-corrected chi connectivity index (χ2v) is 9.64. The van der Waals surface area contributed by atoms with E-state index in [1.54, 1.807) is 14.0 Å². The van der Waals surface area contributed by atoms with Crippen molar-refractivity contribution in [3.8, 4) is 0 Å². The normalized spacial score (nSPS) is 18.4. The quantitative estimate of drug-likeness (QED) is 0.672. The average molecular weight is 442 g/mol. The Hall–Kier alpha value is -2.34. The van der Waals surface area contributed by atoms with Crippen molar-refractivity contribution in [2.45, 2.75) is 43.5 Å². The maximum absolute atomic E-state index is 13.3. The van der Waals surface area contributed by atoms with Gasteiger partial charge < -0.3 is 4.90 Å². The molecule has 30 heavy (non-hydrogen) atoms. The summed E-state index contributed by atoms with van der Waals surface area (Å²) in [6.07, 6.45) is 0.479. The number of aromatic nitrogens is 4. The molecule has 1 aliphatic heterocycles. The van der Waals surface area contributed by atoms with Crippen LogP contribution in [0.2, 0.25) is 0 Å². The van der Waals surface area contributed by atoms with E-state index < -0.39 is 16.4 Å². The summed E-state index contributed by atoms with van der Waals surface area (Å²) in [5, 5.41) is 8.19. The largest absolute Gasteiger partial charge is 0.338 e. The molecule has 1 amide bonds. The number of alkyl halides is 2. The molecule has 0 N–H and O–H groups in total. The van der Waals surface area contributed by atoms with Crippen LogP contribution in [0.3, 0.4) is 0 Å². The van der Waals surface area contributed by atoms with Crippen LogP contribution in [-0.2, 0) is 28.4 Å². The van der Waals surface area contributed by atoms with Crippen LogP contribution in [0.1, 0.15) is 42.3 Å². The van der Waals surface area contributed by atoms with Crippen LogP contribution in [0.15, 0.2) is 17.2 Å². The molecule has 1 saturated heterocycles. The monoisotopic (exact) mass is 442 g/mol. The zero-order valence-corrected chi connectivity index (χ0v) is 17.6. The molecule has 4 rings (SSSR count). The standard InChI is InChI=1S/C18H24F2N6O3S/c1-12-16(10-21-23(12)2)30(28,29)25-7-5-24(6-8-25)17(27)11-26-15(18(19)20)9-14(22-26)13-3-4-13/h9-10,13,18H,3-8,11H2,1-2H3. The number of hydrogen-bond acceptors (Lipinski definition) is 5. The number of aryl methyl sites for hydroxylation is 1. The molecular formula is C18H24F2N6O3S. The van der Waals surface area contributed by atoms with Crippen LogP contribution >= 0.6 is 0 Å². The Bertz CT molecular complexity index is 1050. The average Bonchev–Trinajstić information content (AvgIpc) is 3.39. The molecule has 0 aromatic carbocycles. The maximum atomic E-state index is 13.3. The Morgan fingerprint density at radius 1 is 1.23 bits per heavy atom. The molecule has 1 saturated carbocycles. The smallest absolute Gasteiger partial charge is 0.280 e. The number of amides is 1. The molecule has 0 unspecified atom stereocenters. The van der Waals surface area contributed by atoms with E-state index in [0.717, 1.165) is 17.5 Å². The van der Waals surface area contributed by atoms with Gasteiger partial charge in [0.2, 0.25) is 15.9 Å². The minimum absolute atomic E-state index is 0.135. The first-order valence-electron chi connectivity index (χ1n) is 9.80. The highest BCUT2D eigenvalue weighted by Gasteiger charge is 2.33. The molecule has 3 heterocycles. The number of nitrogens with zero attached hydrogens (tertiary/aromatic N) is 6. The van der Waals surface area contributed by atoms with E-state index in [4.69, 9.17) is 0 Å². The van der Waals surface area contributed by atoms with Gasteiger partial charge in [-0.1, -0.05) is 0 Å². The first kappa shape index (κ1) is 20.9. The number of carbonyl (C=O) groups is 1. The van der Waals surface area contributed by atoms with Gasteiger partial charge in [-0.05, 0) is 25.8 Å². The van der Waals surface area contributed by atoms with Gasteiger partial charge >= 0.3 is 0 Å². The molecule has 0 atom stereocenters. The van der Waals surface area contributed by atoms with Gasteiger partial charge in [0.05, 0.1) is 17.6 Å². The van der Waals surface area contributed by atoms with E-state index in [9.17, 15) is 22.0 Å². The van der Waals surface area contributed by atoms with Crippen LogP contribution in [0.5, 0.6) is 0 Å². The number of sulfonamides is 1. The molecule has 9 nitrogen and oxygen atoms in total. The molecule has 164 valence electrons. The highest BCUT2D eigenvalue weighted by Crippen LogP contribution is 2.40. The van der Waals surface area contributed by atoms with Gasteiger partial charge in [-0.25, -0.2) is 17.2 Å². The lowest BCUT2D eigenvalue weighted by Crippen LogP contribution is -2.51. The van der Waals surface area contributed by atoms with Gasteiger partial charge in [0, 0.05) is 39.1 Å². The number of hydrogen-bond donors (Lipinski definition) is 0. The Kier molecular flexibility index (Phi) is 5.39. The van der Waals surface area contributed by atoms with Gasteiger partial charge in [-0.3, -0.25) is 14.2 Å². The predicted octanol–water partition coefficient (Wildman–Crippen LogP) is 1.27. The van der Waals surface area contributed by atoms with Crippen molar-refractivity contribution in [2.75, 3.05) is 26.2 Å². The summed E-state index contributed by atoms with van der Waals surface area (Å²) >= 11 is 0. The summed E-state index contributed by atoms with van der Waals surface area (Å²) in [5.41, 5.74) is 0.901. The van der Waals surface area contributed by atoms with Gasteiger partial charge in [0.25, 0.3) is 6.43 Å². The fourth-order valence-electron chi connectivity index (χ4n) is 3.61. The molecular weight excluding hydrogens is 418 g/mol. The van der Waals surface area contributed by atoms with E-state index in [2.05, 4.69) is 10.2 Å². The molecule has 2 aliphatic rings. The second-order valence-electron chi connectivity index (χ2n) is 7.73. The Balaban J connectivity index is 1.41. The molecule has 0 bridgehead atoms. The van der Waals surface area contributed by atoms with Crippen LogP contribution in [0, 0.1) is 6.92 Å². The third-order valence-electron chi connectivity index (χ3n) is 5.73. The molecule has 12 heteroatoms. The lowest BCUT2D eigenvalue weighted by molar-refractivity contribution is -0.133. The second kappa shape index (κ2) is 7.73. The highest BCUT2D eigenvalue weighted by atomic mass is 32.2. The zero-order valence-electron chi connectivity index (χ0n) is 16.8.